The standard InChI is InChI=1S/C12H18O4/c1-2-3-8-16-12(15)10-7-5-4-6-9(10)11(13)14/h2-8H2,1H3,(H,13,14). The number of hydrogen-bond donors (Lipinski definition) is 1. The molecule has 0 atom stereocenters. The van der Waals surface area contributed by atoms with Crippen LogP contribution in [0.5, 0.6) is 0 Å². The molecule has 0 saturated carbocycles. The van der Waals surface area contributed by atoms with Gasteiger partial charge in [0.2, 0.25) is 0 Å². The molecule has 90 valence electrons. The van der Waals surface area contributed by atoms with Gasteiger partial charge in [-0.1, -0.05) is 13.3 Å². The van der Waals surface area contributed by atoms with Gasteiger partial charge in [0, 0.05) is 11.1 Å². The molecule has 1 N–H and O–H groups in total. The first kappa shape index (κ1) is 12.7. The lowest BCUT2D eigenvalue weighted by atomic mass is 9.92. The molecule has 4 nitrogen and oxygen atoms in total. The third-order valence-corrected chi connectivity index (χ3v) is 2.70. The van der Waals surface area contributed by atoms with Crippen molar-refractivity contribution in [3.63, 3.8) is 0 Å². The van der Waals surface area contributed by atoms with Gasteiger partial charge in [-0.2, -0.15) is 0 Å². The summed E-state index contributed by atoms with van der Waals surface area (Å²) in [6.07, 6.45) is 4.50. The first-order chi connectivity index (χ1) is 7.66. The summed E-state index contributed by atoms with van der Waals surface area (Å²) in [5.74, 6) is -1.42. The zero-order valence-electron chi connectivity index (χ0n) is 9.62. The Labute approximate surface area is 95.3 Å². The Morgan fingerprint density at radius 2 is 1.88 bits per heavy atom. The van der Waals surface area contributed by atoms with Crippen LogP contribution in [0.1, 0.15) is 45.4 Å². The number of ether oxygens (including phenoxy) is 1. The molecule has 0 unspecified atom stereocenters. The molecule has 1 aliphatic carbocycles. The summed E-state index contributed by atoms with van der Waals surface area (Å²) in [5.41, 5.74) is 0.614. The summed E-state index contributed by atoms with van der Waals surface area (Å²) in [6.45, 7) is 2.39. The second-order valence-corrected chi connectivity index (χ2v) is 3.96. The fourth-order valence-corrected chi connectivity index (χ4v) is 1.76. The molecule has 16 heavy (non-hydrogen) atoms. The van der Waals surface area contributed by atoms with Crippen LogP contribution in [0.2, 0.25) is 0 Å². The number of carboxylic acid groups (broad SMARTS) is 1. The Balaban J connectivity index is 2.66. The number of carbonyl (C=O) groups is 2. The van der Waals surface area contributed by atoms with Crippen molar-refractivity contribution in [2.45, 2.75) is 45.4 Å². The van der Waals surface area contributed by atoms with E-state index in [1.165, 1.54) is 0 Å². The molecule has 1 rings (SSSR count). The average molecular weight is 226 g/mol. The van der Waals surface area contributed by atoms with E-state index in [9.17, 15) is 9.59 Å². The third-order valence-electron chi connectivity index (χ3n) is 2.70. The van der Waals surface area contributed by atoms with E-state index < -0.39 is 11.9 Å². The lowest BCUT2D eigenvalue weighted by Gasteiger charge is -2.16. The predicted octanol–water partition coefficient (Wildman–Crippen LogP) is 2.28. The maximum absolute atomic E-state index is 11.6. The van der Waals surface area contributed by atoms with Crippen molar-refractivity contribution in [3.05, 3.63) is 11.1 Å². The maximum Gasteiger partial charge on any atom is 0.334 e. The van der Waals surface area contributed by atoms with E-state index >= 15 is 0 Å². The molecule has 1 aliphatic rings. The number of aliphatic carboxylic acids is 1. The summed E-state index contributed by atoms with van der Waals surface area (Å²) in [6, 6.07) is 0. The van der Waals surface area contributed by atoms with Gasteiger partial charge in [0.05, 0.1) is 6.61 Å². The Bertz CT molecular complexity index is 304. The highest BCUT2D eigenvalue weighted by atomic mass is 16.5. The van der Waals surface area contributed by atoms with Crippen molar-refractivity contribution >= 4 is 11.9 Å². The smallest absolute Gasteiger partial charge is 0.334 e. The Hall–Kier alpha value is -1.32. The van der Waals surface area contributed by atoms with Gasteiger partial charge in [0.15, 0.2) is 0 Å². The van der Waals surface area contributed by atoms with Crippen LogP contribution in [-0.2, 0) is 14.3 Å². The second-order valence-electron chi connectivity index (χ2n) is 3.96. The number of carboxylic acids is 1. The molecule has 0 aromatic heterocycles. The number of esters is 1. The summed E-state index contributed by atoms with van der Waals surface area (Å²) >= 11 is 0. The first-order valence-electron chi connectivity index (χ1n) is 5.79. The monoisotopic (exact) mass is 226 g/mol. The molecule has 4 heteroatoms. The van der Waals surface area contributed by atoms with Crippen molar-refractivity contribution in [3.8, 4) is 0 Å². The van der Waals surface area contributed by atoms with E-state index in [1.54, 1.807) is 0 Å². The normalized spacial score (nSPS) is 16.1. The number of carbonyl (C=O) groups excluding carboxylic acids is 1. The lowest BCUT2D eigenvalue weighted by molar-refractivity contribution is -0.141. The maximum atomic E-state index is 11.6. The van der Waals surface area contributed by atoms with Crippen LogP contribution in [0.4, 0.5) is 0 Å². The molecular formula is C12H18O4. The van der Waals surface area contributed by atoms with Gasteiger partial charge < -0.3 is 9.84 Å². The van der Waals surface area contributed by atoms with Crippen molar-refractivity contribution < 1.29 is 19.4 Å². The highest BCUT2D eigenvalue weighted by Crippen LogP contribution is 2.25. The Morgan fingerprint density at radius 3 is 2.44 bits per heavy atom. The molecule has 0 spiro atoms. The van der Waals surface area contributed by atoms with E-state index in [-0.39, 0.29) is 5.57 Å². The Kier molecular flexibility index (Phi) is 5.02. The number of unbranched alkanes of at least 4 members (excludes halogenated alkanes) is 1. The molecule has 0 radical (unpaired) electrons. The van der Waals surface area contributed by atoms with E-state index in [0.29, 0.717) is 25.0 Å². The molecule has 0 heterocycles. The Morgan fingerprint density at radius 1 is 1.25 bits per heavy atom. The predicted molar refractivity (Wildman–Crippen MR) is 59.0 cm³/mol. The molecule has 0 aliphatic heterocycles. The minimum Gasteiger partial charge on any atom is -0.478 e. The van der Waals surface area contributed by atoms with Crippen LogP contribution in [0.3, 0.4) is 0 Å². The average Bonchev–Trinajstić information content (AvgIpc) is 2.29. The van der Waals surface area contributed by atoms with Crippen molar-refractivity contribution in [2.75, 3.05) is 6.61 Å². The zero-order valence-corrected chi connectivity index (χ0v) is 9.62. The highest BCUT2D eigenvalue weighted by Gasteiger charge is 2.24. The molecule has 0 bridgehead atoms. The van der Waals surface area contributed by atoms with Gasteiger partial charge >= 0.3 is 11.9 Å². The van der Waals surface area contributed by atoms with Gasteiger partial charge in [0.1, 0.15) is 0 Å². The minimum absolute atomic E-state index is 0.243. The van der Waals surface area contributed by atoms with Gasteiger partial charge in [-0.25, -0.2) is 9.59 Å². The second kappa shape index (κ2) is 6.30. The highest BCUT2D eigenvalue weighted by molar-refractivity contribution is 5.99. The molecule has 0 aromatic carbocycles. The van der Waals surface area contributed by atoms with Crippen LogP contribution in [0.25, 0.3) is 0 Å². The van der Waals surface area contributed by atoms with Crippen LogP contribution in [0.15, 0.2) is 11.1 Å². The van der Waals surface area contributed by atoms with Crippen LogP contribution >= 0.6 is 0 Å². The minimum atomic E-state index is -0.984. The van der Waals surface area contributed by atoms with Crippen LogP contribution in [0, 0.1) is 0 Å². The van der Waals surface area contributed by atoms with E-state index in [4.69, 9.17) is 9.84 Å². The van der Waals surface area contributed by atoms with Gasteiger partial charge in [-0.3, -0.25) is 0 Å². The quantitative estimate of drug-likeness (QED) is 0.577. The van der Waals surface area contributed by atoms with Gasteiger partial charge in [0.25, 0.3) is 0 Å². The molecule has 0 saturated heterocycles. The van der Waals surface area contributed by atoms with Crippen molar-refractivity contribution in [2.24, 2.45) is 0 Å². The van der Waals surface area contributed by atoms with Crippen molar-refractivity contribution in [1.82, 2.24) is 0 Å². The van der Waals surface area contributed by atoms with Crippen molar-refractivity contribution in [1.29, 1.82) is 0 Å². The fourth-order valence-electron chi connectivity index (χ4n) is 1.76. The van der Waals surface area contributed by atoms with Crippen LogP contribution in [-0.4, -0.2) is 23.7 Å². The largest absolute Gasteiger partial charge is 0.478 e. The SMILES string of the molecule is CCCCOC(=O)C1=C(C(=O)O)CCCC1. The molecule has 0 amide bonds. The molecule has 0 aromatic rings. The number of rotatable bonds is 5. The molecular weight excluding hydrogens is 208 g/mol. The van der Waals surface area contributed by atoms with Gasteiger partial charge in [-0.15, -0.1) is 0 Å². The zero-order chi connectivity index (χ0) is 12.0. The lowest BCUT2D eigenvalue weighted by Crippen LogP contribution is -2.18. The summed E-state index contributed by atoms with van der Waals surface area (Å²) < 4.78 is 5.04. The molecule has 0 fully saturated rings. The van der Waals surface area contributed by atoms with Crippen LogP contribution < -0.4 is 0 Å². The van der Waals surface area contributed by atoms with E-state index in [0.717, 1.165) is 25.7 Å². The number of hydrogen-bond acceptors (Lipinski definition) is 3. The topological polar surface area (TPSA) is 63.6 Å². The first-order valence-corrected chi connectivity index (χ1v) is 5.79. The summed E-state index contributed by atoms with van der Waals surface area (Å²) in [7, 11) is 0. The summed E-state index contributed by atoms with van der Waals surface area (Å²) in [4.78, 5) is 22.6. The van der Waals surface area contributed by atoms with E-state index in [2.05, 4.69) is 0 Å². The summed E-state index contributed by atoms with van der Waals surface area (Å²) in [5, 5.41) is 8.96. The fraction of sp³-hybridized carbons (Fsp3) is 0.667. The van der Waals surface area contributed by atoms with E-state index in [1.807, 2.05) is 6.92 Å². The third kappa shape index (κ3) is 3.36. The van der Waals surface area contributed by atoms with Gasteiger partial charge in [-0.05, 0) is 32.1 Å².